The summed E-state index contributed by atoms with van der Waals surface area (Å²) < 4.78 is 0.604. The molecule has 2 aromatic rings. The standard InChI is InChI=1S/C17H18N4O2S4/c1-11-19-20-16(26-11)18-14(22)7-3-2-4-8-21-15(23)13(27-17(21)24)10-12-6-5-9-25-12/h5-6,9-10H,2-4,7-8H2,1H3,(H,18,20,22)/b13-10+. The number of thiocarbonyl (C=S) groups is 1. The van der Waals surface area contributed by atoms with Gasteiger partial charge in [-0.05, 0) is 37.3 Å². The number of amides is 2. The number of aryl methyl sites for hydroxylation is 1. The number of aromatic nitrogens is 2. The molecule has 1 aliphatic rings. The topological polar surface area (TPSA) is 75.2 Å². The van der Waals surface area contributed by atoms with Crippen LogP contribution in [0.5, 0.6) is 0 Å². The number of nitrogens with zero attached hydrogens (tertiary/aromatic N) is 3. The fraction of sp³-hybridized carbons (Fsp3) is 0.353. The normalized spacial score (nSPS) is 15.7. The maximum absolute atomic E-state index is 12.5. The van der Waals surface area contributed by atoms with Crippen molar-refractivity contribution in [3.05, 3.63) is 32.3 Å². The van der Waals surface area contributed by atoms with E-state index in [1.165, 1.54) is 23.1 Å². The average molecular weight is 439 g/mol. The second kappa shape index (κ2) is 9.54. The smallest absolute Gasteiger partial charge is 0.266 e. The van der Waals surface area contributed by atoms with E-state index in [2.05, 4.69) is 15.5 Å². The molecule has 0 radical (unpaired) electrons. The van der Waals surface area contributed by atoms with Crippen LogP contribution in [0.3, 0.4) is 0 Å². The molecule has 142 valence electrons. The van der Waals surface area contributed by atoms with E-state index >= 15 is 0 Å². The molecule has 0 bridgehead atoms. The van der Waals surface area contributed by atoms with Crippen LogP contribution in [-0.2, 0) is 9.59 Å². The summed E-state index contributed by atoms with van der Waals surface area (Å²) in [4.78, 5) is 27.7. The molecular weight excluding hydrogens is 420 g/mol. The molecule has 0 atom stereocenters. The van der Waals surface area contributed by atoms with Crippen LogP contribution in [0.1, 0.15) is 35.6 Å². The summed E-state index contributed by atoms with van der Waals surface area (Å²) in [5.74, 6) is -0.0848. The van der Waals surface area contributed by atoms with Crippen LogP contribution < -0.4 is 5.32 Å². The fourth-order valence-electron chi connectivity index (χ4n) is 2.46. The molecule has 1 aliphatic heterocycles. The highest BCUT2D eigenvalue weighted by atomic mass is 32.2. The zero-order chi connectivity index (χ0) is 19.2. The zero-order valence-corrected chi connectivity index (χ0v) is 17.9. The Morgan fingerprint density at radius 2 is 2.19 bits per heavy atom. The first-order valence-electron chi connectivity index (χ1n) is 8.42. The Bertz CT molecular complexity index is 860. The van der Waals surface area contributed by atoms with Gasteiger partial charge in [-0.1, -0.05) is 47.8 Å². The van der Waals surface area contributed by atoms with Crippen molar-refractivity contribution < 1.29 is 9.59 Å². The minimum atomic E-state index is -0.0596. The summed E-state index contributed by atoms with van der Waals surface area (Å²) in [6, 6.07) is 3.94. The maximum atomic E-state index is 12.5. The number of thiophene rings is 1. The van der Waals surface area contributed by atoms with Crippen molar-refractivity contribution in [2.75, 3.05) is 11.9 Å². The second-order valence-corrected chi connectivity index (χ2v) is 9.67. The Morgan fingerprint density at radius 3 is 2.89 bits per heavy atom. The molecule has 0 aromatic carbocycles. The predicted octanol–water partition coefficient (Wildman–Crippen LogP) is 4.31. The lowest BCUT2D eigenvalue weighted by atomic mass is 10.2. The van der Waals surface area contributed by atoms with Gasteiger partial charge >= 0.3 is 0 Å². The molecule has 1 fully saturated rings. The van der Waals surface area contributed by atoms with Gasteiger partial charge < -0.3 is 5.32 Å². The zero-order valence-electron chi connectivity index (χ0n) is 14.6. The number of hydrogen-bond acceptors (Lipinski definition) is 8. The van der Waals surface area contributed by atoms with E-state index in [4.69, 9.17) is 12.2 Å². The molecule has 10 heteroatoms. The molecule has 3 heterocycles. The monoisotopic (exact) mass is 438 g/mol. The Hall–Kier alpha value is -1.62. The van der Waals surface area contributed by atoms with Crippen molar-refractivity contribution in [1.82, 2.24) is 15.1 Å². The van der Waals surface area contributed by atoms with E-state index in [1.54, 1.807) is 16.2 Å². The molecule has 2 aromatic heterocycles. The minimum Gasteiger partial charge on any atom is -0.301 e. The summed E-state index contributed by atoms with van der Waals surface area (Å²) in [5.41, 5.74) is 0. The number of anilines is 1. The van der Waals surface area contributed by atoms with E-state index in [9.17, 15) is 9.59 Å². The van der Waals surface area contributed by atoms with Gasteiger partial charge in [-0.3, -0.25) is 14.5 Å². The van der Waals surface area contributed by atoms with E-state index < -0.39 is 0 Å². The number of unbranched alkanes of at least 4 members (excludes halogenated alkanes) is 2. The van der Waals surface area contributed by atoms with Crippen molar-refractivity contribution in [2.45, 2.75) is 32.6 Å². The Kier molecular flexibility index (Phi) is 7.11. The number of nitrogens with one attached hydrogen (secondary N) is 1. The van der Waals surface area contributed by atoms with Gasteiger partial charge in [-0.15, -0.1) is 21.5 Å². The van der Waals surface area contributed by atoms with Crippen molar-refractivity contribution in [2.24, 2.45) is 0 Å². The summed E-state index contributed by atoms with van der Waals surface area (Å²) in [5, 5.41) is 13.8. The third kappa shape index (κ3) is 5.68. The number of rotatable bonds is 8. The second-order valence-electron chi connectivity index (χ2n) is 5.83. The molecule has 0 spiro atoms. The highest BCUT2D eigenvalue weighted by Crippen LogP contribution is 2.33. The van der Waals surface area contributed by atoms with Crippen molar-refractivity contribution in [1.29, 1.82) is 0 Å². The van der Waals surface area contributed by atoms with Gasteiger partial charge in [0.25, 0.3) is 5.91 Å². The third-order valence-electron chi connectivity index (χ3n) is 3.75. The van der Waals surface area contributed by atoms with Crippen LogP contribution in [0, 0.1) is 6.92 Å². The molecule has 1 saturated heterocycles. The number of thioether (sulfide) groups is 1. The molecule has 0 aliphatic carbocycles. The van der Waals surface area contributed by atoms with Crippen molar-refractivity contribution in [3.8, 4) is 0 Å². The van der Waals surface area contributed by atoms with Crippen LogP contribution in [0.15, 0.2) is 22.4 Å². The van der Waals surface area contributed by atoms with E-state index in [0.29, 0.717) is 27.3 Å². The Balaban J connectivity index is 1.38. The lowest BCUT2D eigenvalue weighted by Gasteiger charge is -2.13. The molecule has 1 N–H and O–H groups in total. The summed E-state index contributed by atoms with van der Waals surface area (Å²) >= 11 is 9.64. The first-order valence-corrected chi connectivity index (χ1v) is 11.3. The quantitative estimate of drug-likeness (QED) is 0.376. The highest BCUT2D eigenvalue weighted by Gasteiger charge is 2.31. The molecule has 2 amide bonds. The Labute approximate surface area is 175 Å². The largest absolute Gasteiger partial charge is 0.301 e. The molecule has 3 rings (SSSR count). The first-order chi connectivity index (χ1) is 13.0. The van der Waals surface area contributed by atoms with Crippen LogP contribution in [0.2, 0.25) is 0 Å². The number of carbonyl (C=O) groups is 2. The van der Waals surface area contributed by atoms with Crippen LogP contribution in [0.4, 0.5) is 5.13 Å². The maximum Gasteiger partial charge on any atom is 0.266 e. The van der Waals surface area contributed by atoms with Crippen LogP contribution >= 0.6 is 46.7 Å². The van der Waals surface area contributed by atoms with Crippen molar-refractivity contribution in [3.63, 3.8) is 0 Å². The predicted molar refractivity (Wildman–Crippen MR) is 116 cm³/mol. The summed E-state index contributed by atoms with van der Waals surface area (Å²) in [6.07, 6.45) is 4.73. The van der Waals surface area contributed by atoms with E-state index in [0.717, 1.165) is 29.1 Å². The van der Waals surface area contributed by atoms with Crippen LogP contribution in [-0.4, -0.2) is 37.8 Å². The SMILES string of the molecule is Cc1nnc(NC(=O)CCCCCN2C(=O)/C(=C\c3cccs3)SC2=S)s1. The van der Waals surface area contributed by atoms with Gasteiger partial charge in [0.1, 0.15) is 9.33 Å². The van der Waals surface area contributed by atoms with Gasteiger partial charge in [0.2, 0.25) is 11.0 Å². The number of carbonyl (C=O) groups excluding carboxylic acids is 2. The molecular formula is C17H18N4O2S4. The lowest BCUT2D eigenvalue weighted by molar-refractivity contribution is -0.122. The van der Waals surface area contributed by atoms with Gasteiger partial charge in [-0.25, -0.2) is 0 Å². The van der Waals surface area contributed by atoms with Crippen molar-refractivity contribution >= 4 is 74.0 Å². The third-order valence-corrected chi connectivity index (χ3v) is 6.70. The first kappa shape index (κ1) is 20.1. The van der Waals surface area contributed by atoms with E-state index in [-0.39, 0.29) is 11.8 Å². The summed E-state index contributed by atoms with van der Waals surface area (Å²) in [6.45, 7) is 2.43. The minimum absolute atomic E-state index is 0.0252. The molecule has 27 heavy (non-hydrogen) atoms. The van der Waals surface area contributed by atoms with Gasteiger partial charge in [0.05, 0.1) is 4.91 Å². The average Bonchev–Trinajstić information content (AvgIpc) is 3.33. The van der Waals surface area contributed by atoms with Gasteiger partial charge in [0.15, 0.2) is 0 Å². The fourth-order valence-corrected chi connectivity index (χ4v) is 5.10. The number of hydrogen-bond donors (Lipinski definition) is 1. The van der Waals surface area contributed by atoms with Gasteiger partial charge in [-0.2, -0.15) is 0 Å². The van der Waals surface area contributed by atoms with Gasteiger partial charge in [0, 0.05) is 17.8 Å². The molecule has 6 nitrogen and oxygen atoms in total. The Morgan fingerprint density at radius 1 is 1.33 bits per heavy atom. The highest BCUT2D eigenvalue weighted by molar-refractivity contribution is 8.26. The lowest BCUT2D eigenvalue weighted by Crippen LogP contribution is -2.29. The van der Waals surface area contributed by atoms with Crippen LogP contribution in [0.25, 0.3) is 6.08 Å². The summed E-state index contributed by atoms with van der Waals surface area (Å²) in [7, 11) is 0. The van der Waals surface area contributed by atoms with E-state index in [1.807, 2.05) is 30.5 Å². The molecule has 0 unspecified atom stereocenters. The molecule has 0 saturated carbocycles.